The molecule has 5 rings (SSSR count). The number of carbonyl (C=O) groups excluding carboxylic acids is 2. The molecule has 1 atom stereocenters. The van der Waals surface area contributed by atoms with Gasteiger partial charge in [0.25, 0.3) is 11.8 Å². The Labute approximate surface area is 181 Å². The van der Waals surface area contributed by atoms with Crippen molar-refractivity contribution in [1.82, 2.24) is 14.8 Å². The van der Waals surface area contributed by atoms with E-state index in [-0.39, 0.29) is 11.8 Å². The average molecular weight is 415 g/mol. The molecule has 0 aliphatic carbocycles. The van der Waals surface area contributed by atoms with Gasteiger partial charge in [0.05, 0.1) is 5.57 Å². The molecule has 3 aromatic rings. The molecule has 2 aromatic carbocycles. The highest BCUT2D eigenvalue weighted by molar-refractivity contribution is 6.38. The Bertz CT molecular complexity index is 1210. The number of anilines is 1. The van der Waals surface area contributed by atoms with E-state index in [1.54, 1.807) is 0 Å². The fourth-order valence-corrected chi connectivity index (χ4v) is 4.94. The maximum Gasteiger partial charge on any atom is 0.275 e. The second-order valence-corrected chi connectivity index (χ2v) is 8.64. The van der Waals surface area contributed by atoms with Gasteiger partial charge in [0.1, 0.15) is 5.70 Å². The minimum absolute atomic E-state index is 0.325. The maximum absolute atomic E-state index is 13.0. The molecule has 158 valence electrons. The first kappa shape index (κ1) is 19.6. The molecule has 0 saturated heterocycles. The van der Waals surface area contributed by atoms with Gasteiger partial charge in [0.15, 0.2) is 0 Å². The van der Waals surface area contributed by atoms with Gasteiger partial charge in [0.2, 0.25) is 0 Å². The normalized spacial score (nSPS) is 18.6. The summed E-state index contributed by atoms with van der Waals surface area (Å²) in [6.45, 7) is 1.95. The zero-order valence-corrected chi connectivity index (χ0v) is 17.8. The van der Waals surface area contributed by atoms with Crippen LogP contribution < -0.4 is 10.6 Å². The Morgan fingerprint density at radius 1 is 1.03 bits per heavy atom. The first-order valence-electron chi connectivity index (χ1n) is 10.7. The maximum atomic E-state index is 13.0. The highest BCUT2D eigenvalue weighted by Crippen LogP contribution is 2.39. The minimum atomic E-state index is -0.380. The zero-order chi connectivity index (χ0) is 21.5. The SMILES string of the molecule is CN(C)C[C@H]1CCc2c(C3=C(Nc4ccccc4)C(=O)NC3=O)c3ccccc3n2C1. The fourth-order valence-electron chi connectivity index (χ4n) is 4.94. The van der Waals surface area contributed by atoms with Crippen molar-refractivity contribution < 1.29 is 9.59 Å². The molecule has 2 aliphatic heterocycles. The number of fused-ring (bicyclic) bond motifs is 3. The van der Waals surface area contributed by atoms with E-state index in [2.05, 4.69) is 46.3 Å². The highest BCUT2D eigenvalue weighted by atomic mass is 16.2. The quantitative estimate of drug-likeness (QED) is 0.629. The van der Waals surface area contributed by atoms with Gasteiger partial charge < -0.3 is 14.8 Å². The molecule has 31 heavy (non-hydrogen) atoms. The molecular formula is C25H26N4O2. The van der Waals surface area contributed by atoms with Gasteiger partial charge >= 0.3 is 0 Å². The van der Waals surface area contributed by atoms with Crippen molar-refractivity contribution in [1.29, 1.82) is 0 Å². The Morgan fingerprint density at radius 2 is 1.77 bits per heavy atom. The van der Waals surface area contributed by atoms with Crippen molar-refractivity contribution in [2.75, 3.05) is 26.0 Å². The Balaban J connectivity index is 1.67. The molecule has 2 N–H and O–H groups in total. The van der Waals surface area contributed by atoms with E-state index in [1.807, 2.05) is 42.5 Å². The molecule has 0 spiro atoms. The molecular weight excluding hydrogens is 388 g/mol. The lowest BCUT2D eigenvalue weighted by molar-refractivity contribution is -0.123. The molecule has 2 amide bonds. The number of rotatable bonds is 5. The summed E-state index contributed by atoms with van der Waals surface area (Å²) in [5.74, 6) is -0.159. The summed E-state index contributed by atoms with van der Waals surface area (Å²) in [7, 11) is 4.21. The van der Waals surface area contributed by atoms with Gasteiger partial charge in [-0.15, -0.1) is 0 Å². The molecule has 1 aromatic heterocycles. The fraction of sp³-hybridized carbons (Fsp3) is 0.280. The molecule has 6 nitrogen and oxygen atoms in total. The van der Waals surface area contributed by atoms with E-state index in [4.69, 9.17) is 0 Å². The first-order chi connectivity index (χ1) is 15.0. The summed E-state index contributed by atoms with van der Waals surface area (Å²) in [6.07, 6.45) is 1.94. The van der Waals surface area contributed by atoms with Crippen molar-refractivity contribution in [3.63, 3.8) is 0 Å². The van der Waals surface area contributed by atoms with E-state index in [0.717, 1.165) is 53.8 Å². The molecule has 0 radical (unpaired) electrons. The summed E-state index contributed by atoms with van der Waals surface area (Å²) in [4.78, 5) is 27.9. The smallest absolute Gasteiger partial charge is 0.275 e. The van der Waals surface area contributed by atoms with Crippen molar-refractivity contribution in [3.05, 3.63) is 71.6 Å². The van der Waals surface area contributed by atoms with Crippen molar-refractivity contribution in [2.24, 2.45) is 5.92 Å². The number of para-hydroxylation sites is 2. The lowest BCUT2D eigenvalue weighted by atomic mass is 9.93. The van der Waals surface area contributed by atoms with Gasteiger partial charge in [-0.3, -0.25) is 14.9 Å². The summed E-state index contributed by atoms with van der Waals surface area (Å²) in [6, 6.07) is 17.7. The van der Waals surface area contributed by atoms with E-state index in [9.17, 15) is 9.59 Å². The molecule has 0 unspecified atom stereocenters. The topological polar surface area (TPSA) is 66.4 Å². The van der Waals surface area contributed by atoms with Crippen LogP contribution in [0.1, 0.15) is 17.7 Å². The van der Waals surface area contributed by atoms with Crippen LogP contribution in [0.3, 0.4) is 0 Å². The van der Waals surface area contributed by atoms with Gasteiger partial charge in [-0.25, -0.2) is 0 Å². The Kier molecular flexibility index (Phi) is 4.87. The molecule has 2 aliphatic rings. The van der Waals surface area contributed by atoms with E-state index in [1.165, 1.54) is 0 Å². The van der Waals surface area contributed by atoms with E-state index in [0.29, 0.717) is 17.2 Å². The number of carbonyl (C=O) groups is 2. The van der Waals surface area contributed by atoms with Crippen molar-refractivity contribution >= 4 is 34.0 Å². The number of imide groups is 1. The molecule has 6 heteroatoms. The van der Waals surface area contributed by atoms with Crippen LogP contribution in [-0.4, -0.2) is 41.9 Å². The lowest BCUT2D eigenvalue weighted by Crippen LogP contribution is -2.29. The minimum Gasteiger partial charge on any atom is -0.350 e. The third-order valence-corrected chi connectivity index (χ3v) is 6.16. The molecule has 0 saturated carbocycles. The number of nitrogens with one attached hydrogen (secondary N) is 2. The summed E-state index contributed by atoms with van der Waals surface area (Å²) in [5.41, 5.74) is 4.71. The number of amides is 2. The molecule has 3 heterocycles. The monoisotopic (exact) mass is 414 g/mol. The van der Waals surface area contributed by atoms with Gasteiger partial charge in [-0.05, 0) is 51.1 Å². The highest BCUT2D eigenvalue weighted by Gasteiger charge is 2.36. The standard InChI is InChI=1S/C25H26N4O2/c1-28(2)14-16-12-13-20-21(18-10-6-7-11-19(18)29(20)15-16)22-23(25(31)27-24(22)30)26-17-8-4-3-5-9-17/h3-11,16H,12-15H2,1-2H3,(H2,26,27,30,31)/t16-/m1/s1. The largest absolute Gasteiger partial charge is 0.350 e. The van der Waals surface area contributed by atoms with E-state index >= 15 is 0 Å². The first-order valence-corrected chi connectivity index (χ1v) is 10.7. The van der Waals surface area contributed by atoms with Crippen LogP contribution in [0.15, 0.2) is 60.3 Å². The second-order valence-electron chi connectivity index (χ2n) is 8.64. The van der Waals surface area contributed by atoms with Crippen LogP contribution in [0.5, 0.6) is 0 Å². The van der Waals surface area contributed by atoms with Crippen LogP contribution in [-0.2, 0) is 22.6 Å². The van der Waals surface area contributed by atoms with Crippen LogP contribution in [0.2, 0.25) is 0 Å². The third-order valence-electron chi connectivity index (χ3n) is 6.16. The third kappa shape index (κ3) is 3.43. The lowest BCUT2D eigenvalue weighted by Gasteiger charge is -2.28. The number of aromatic nitrogens is 1. The molecule has 0 bridgehead atoms. The van der Waals surface area contributed by atoms with Gasteiger partial charge in [-0.2, -0.15) is 0 Å². The number of hydrogen-bond donors (Lipinski definition) is 2. The summed E-state index contributed by atoms with van der Waals surface area (Å²) >= 11 is 0. The van der Waals surface area contributed by atoms with Crippen molar-refractivity contribution in [3.8, 4) is 0 Å². The number of nitrogens with zero attached hydrogens (tertiary/aromatic N) is 2. The second kappa shape index (κ2) is 7.71. The molecule has 0 fully saturated rings. The van der Waals surface area contributed by atoms with E-state index < -0.39 is 0 Å². The summed E-state index contributed by atoms with van der Waals surface area (Å²) < 4.78 is 2.35. The van der Waals surface area contributed by atoms with Gasteiger partial charge in [-0.1, -0.05) is 36.4 Å². The van der Waals surface area contributed by atoms with Crippen LogP contribution in [0.4, 0.5) is 5.69 Å². The average Bonchev–Trinajstić information content (AvgIpc) is 3.21. The van der Waals surface area contributed by atoms with Crippen molar-refractivity contribution in [2.45, 2.75) is 19.4 Å². The Hall–Kier alpha value is -3.38. The predicted octanol–water partition coefficient (Wildman–Crippen LogP) is 3.24. The summed E-state index contributed by atoms with van der Waals surface area (Å²) in [5, 5.41) is 6.72. The van der Waals surface area contributed by atoms with Crippen LogP contribution in [0, 0.1) is 5.92 Å². The van der Waals surface area contributed by atoms with Gasteiger partial charge in [0, 0.05) is 40.9 Å². The Morgan fingerprint density at radius 3 is 2.55 bits per heavy atom. The zero-order valence-electron chi connectivity index (χ0n) is 17.8. The predicted molar refractivity (Wildman–Crippen MR) is 122 cm³/mol. The van der Waals surface area contributed by atoms with Crippen LogP contribution >= 0.6 is 0 Å². The number of hydrogen-bond acceptors (Lipinski definition) is 4. The number of benzene rings is 2. The van der Waals surface area contributed by atoms with Crippen LogP contribution in [0.25, 0.3) is 16.5 Å².